The van der Waals surface area contributed by atoms with Gasteiger partial charge in [-0.1, -0.05) is 30.3 Å². The third-order valence-electron chi connectivity index (χ3n) is 7.53. The van der Waals surface area contributed by atoms with E-state index in [1.165, 1.54) is 14.2 Å². The van der Waals surface area contributed by atoms with Gasteiger partial charge in [0.15, 0.2) is 23.0 Å². The molecule has 1 saturated heterocycles. The van der Waals surface area contributed by atoms with Gasteiger partial charge in [-0.15, -0.1) is 0 Å². The number of phenolic OH excluding ortho intramolecular Hbond substituents is 1. The van der Waals surface area contributed by atoms with Crippen molar-refractivity contribution in [2.24, 2.45) is 11.8 Å². The van der Waals surface area contributed by atoms with Crippen LogP contribution in [0.1, 0.15) is 34.2 Å². The van der Waals surface area contributed by atoms with Gasteiger partial charge in [-0.25, -0.2) is 4.79 Å². The summed E-state index contributed by atoms with van der Waals surface area (Å²) in [6.07, 6.45) is -0.614. The van der Waals surface area contributed by atoms with Crippen LogP contribution in [0.15, 0.2) is 54.6 Å². The van der Waals surface area contributed by atoms with E-state index in [-0.39, 0.29) is 43.2 Å². The van der Waals surface area contributed by atoms with Crippen LogP contribution in [-0.4, -0.2) is 44.8 Å². The van der Waals surface area contributed by atoms with E-state index in [4.69, 9.17) is 28.4 Å². The summed E-state index contributed by atoms with van der Waals surface area (Å²) in [4.78, 5) is 26.2. The molecule has 2 N–H and O–H groups in total. The van der Waals surface area contributed by atoms with Crippen LogP contribution in [0.3, 0.4) is 0 Å². The average Bonchev–Trinajstić information content (AvgIpc) is 3.58. The Morgan fingerprint density at radius 3 is 2.31 bits per heavy atom. The number of rotatable bonds is 6. The number of carbonyl (C=O) groups is 2. The molecule has 202 valence electrons. The van der Waals surface area contributed by atoms with Crippen molar-refractivity contribution >= 4 is 12.1 Å². The van der Waals surface area contributed by atoms with Crippen molar-refractivity contribution in [1.82, 2.24) is 5.32 Å². The molecule has 1 amide bonds. The fourth-order valence-corrected chi connectivity index (χ4v) is 5.73. The molecule has 3 aromatic rings. The van der Waals surface area contributed by atoms with Gasteiger partial charge >= 0.3 is 12.1 Å². The Kier molecular flexibility index (Phi) is 6.30. The number of hydrogen-bond acceptors (Lipinski definition) is 9. The second-order valence-corrected chi connectivity index (χ2v) is 9.59. The standard InChI is InChI=1S/C29H27NO9/c1-34-22-8-16(9-23(35-2)27(22)31)24-17-10-20-21(39-14-38-20)11-18(17)26(19-13-36-28(32)25(19)24)30-29(33)37-12-15-6-4-3-5-7-15/h3-11,19,24-26,31H,12-14H2,1-2H3,(H,30,33)/t19-,24+,25-,26+/m0/s1. The highest BCUT2D eigenvalue weighted by atomic mass is 16.7. The number of nitrogens with one attached hydrogen (secondary N) is 1. The number of benzene rings is 3. The first-order valence-electron chi connectivity index (χ1n) is 12.5. The fraction of sp³-hybridized carbons (Fsp3) is 0.310. The van der Waals surface area contributed by atoms with Crippen molar-refractivity contribution < 1.29 is 43.1 Å². The van der Waals surface area contributed by atoms with Crippen LogP contribution < -0.4 is 24.3 Å². The molecule has 3 aliphatic rings. The number of cyclic esters (lactones) is 1. The van der Waals surface area contributed by atoms with Crippen molar-refractivity contribution in [3.05, 3.63) is 76.9 Å². The lowest BCUT2D eigenvalue weighted by molar-refractivity contribution is -0.141. The molecule has 10 heteroatoms. The number of ether oxygens (including phenoxy) is 6. The zero-order valence-electron chi connectivity index (χ0n) is 21.3. The predicted molar refractivity (Wildman–Crippen MR) is 136 cm³/mol. The zero-order chi connectivity index (χ0) is 27.1. The second-order valence-electron chi connectivity index (χ2n) is 9.59. The molecule has 2 heterocycles. The van der Waals surface area contributed by atoms with Crippen LogP contribution in [0.4, 0.5) is 4.79 Å². The molecule has 0 bridgehead atoms. The summed E-state index contributed by atoms with van der Waals surface area (Å²) in [7, 11) is 2.89. The third-order valence-corrected chi connectivity index (χ3v) is 7.53. The summed E-state index contributed by atoms with van der Waals surface area (Å²) in [6.45, 7) is 0.284. The van der Waals surface area contributed by atoms with E-state index in [0.717, 1.165) is 16.7 Å². The number of methoxy groups -OCH3 is 2. The molecule has 0 saturated carbocycles. The Hall–Kier alpha value is -4.60. The normalized spacial score (nSPS) is 22.4. The highest BCUT2D eigenvalue weighted by Gasteiger charge is 2.53. The van der Waals surface area contributed by atoms with Crippen molar-refractivity contribution in [3.63, 3.8) is 0 Å². The molecule has 0 spiro atoms. The quantitative estimate of drug-likeness (QED) is 0.452. The van der Waals surface area contributed by atoms with E-state index in [2.05, 4.69) is 5.32 Å². The lowest BCUT2D eigenvalue weighted by Crippen LogP contribution is -2.43. The first-order chi connectivity index (χ1) is 19.0. The Labute approximate surface area is 224 Å². The highest BCUT2D eigenvalue weighted by Crippen LogP contribution is 2.55. The molecule has 0 unspecified atom stereocenters. The van der Waals surface area contributed by atoms with E-state index in [1.54, 1.807) is 12.1 Å². The minimum absolute atomic E-state index is 0.0653. The minimum atomic E-state index is -0.642. The number of amides is 1. The first kappa shape index (κ1) is 24.7. The SMILES string of the molecule is COc1cc([C@@H]2c3cc4c(cc3[C@@H](NC(=O)OCc3ccccc3)[C@H]3COC(=O)[C@H]23)OCO4)cc(OC)c1O. The van der Waals surface area contributed by atoms with Crippen LogP contribution in [0, 0.1) is 11.8 Å². The molecule has 1 fully saturated rings. The summed E-state index contributed by atoms with van der Waals surface area (Å²) < 4.78 is 33.2. The average molecular weight is 534 g/mol. The van der Waals surface area contributed by atoms with E-state index in [1.807, 2.05) is 42.5 Å². The number of aromatic hydroxyl groups is 1. The van der Waals surface area contributed by atoms with Gasteiger partial charge in [0.05, 0.1) is 32.8 Å². The Bertz CT molecular complexity index is 1400. The molecule has 2 aliphatic heterocycles. The highest BCUT2D eigenvalue weighted by molar-refractivity contribution is 5.80. The molecule has 10 nitrogen and oxygen atoms in total. The first-order valence-corrected chi connectivity index (χ1v) is 12.5. The van der Waals surface area contributed by atoms with Gasteiger partial charge < -0.3 is 38.8 Å². The van der Waals surface area contributed by atoms with Gasteiger partial charge in [-0.2, -0.15) is 0 Å². The number of phenols is 1. The Morgan fingerprint density at radius 1 is 0.974 bits per heavy atom. The van der Waals surface area contributed by atoms with Gasteiger partial charge in [0.25, 0.3) is 0 Å². The molecule has 3 aromatic carbocycles. The molecule has 4 atom stereocenters. The van der Waals surface area contributed by atoms with E-state index < -0.39 is 29.9 Å². The molecule has 6 rings (SSSR count). The number of hydrogen-bond donors (Lipinski definition) is 2. The molecule has 39 heavy (non-hydrogen) atoms. The maximum Gasteiger partial charge on any atom is 0.407 e. The largest absolute Gasteiger partial charge is 0.502 e. The van der Waals surface area contributed by atoms with Crippen molar-refractivity contribution in [3.8, 4) is 28.7 Å². The van der Waals surface area contributed by atoms with Gasteiger partial charge in [-0.3, -0.25) is 4.79 Å². The topological polar surface area (TPSA) is 122 Å². The van der Waals surface area contributed by atoms with Gasteiger partial charge in [-0.05, 0) is 46.5 Å². The monoisotopic (exact) mass is 533 g/mol. The van der Waals surface area contributed by atoms with E-state index >= 15 is 0 Å². The summed E-state index contributed by atoms with van der Waals surface area (Å²) in [5.41, 5.74) is 3.04. The smallest absolute Gasteiger partial charge is 0.407 e. The minimum Gasteiger partial charge on any atom is -0.502 e. The van der Waals surface area contributed by atoms with Crippen LogP contribution in [0.2, 0.25) is 0 Å². The summed E-state index contributed by atoms with van der Waals surface area (Å²) >= 11 is 0. The summed E-state index contributed by atoms with van der Waals surface area (Å²) in [6, 6.07) is 15.8. The number of esters is 1. The summed E-state index contributed by atoms with van der Waals surface area (Å²) in [5.74, 6) is -0.578. The van der Waals surface area contributed by atoms with Crippen LogP contribution >= 0.6 is 0 Å². The van der Waals surface area contributed by atoms with Crippen molar-refractivity contribution in [2.75, 3.05) is 27.6 Å². The zero-order valence-corrected chi connectivity index (χ0v) is 21.3. The molecule has 0 radical (unpaired) electrons. The number of alkyl carbamates (subject to hydrolysis) is 1. The van der Waals surface area contributed by atoms with Gasteiger partial charge in [0.2, 0.25) is 12.5 Å². The fourth-order valence-electron chi connectivity index (χ4n) is 5.73. The van der Waals surface area contributed by atoms with Crippen molar-refractivity contribution in [1.29, 1.82) is 0 Å². The maximum atomic E-state index is 13.2. The van der Waals surface area contributed by atoms with E-state index in [9.17, 15) is 14.7 Å². The Balaban J connectivity index is 1.42. The maximum absolute atomic E-state index is 13.2. The van der Waals surface area contributed by atoms with Crippen LogP contribution in [0.5, 0.6) is 28.7 Å². The second kappa shape index (κ2) is 9.94. The van der Waals surface area contributed by atoms with Crippen LogP contribution in [-0.2, 0) is 20.9 Å². The molecule has 1 aliphatic carbocycles. The third kappa shape index (κ3) is 4.31. The molecular weight excluding hydrogens is 506 g/mol. The number of fused-ring (bicyclic) bond motifs is 3. The van der Waals surface area contributed by atoms with Gasteiger partial charge in [0, 0.05) is 11.8 Å². The lowest BCUT2D eigenvalue weighted by Gasteiger charge is -2.39. The molecule has 0 aromatic heterocycles. The summed E-state index contributed by atoms with van der Waals surface area (Å²) in [5, 5.41) is 13.5. The number of carbonyl (C=O) groups excluding carboxylic acids is 2. The van der Waals surface area contributed by atoms with E-state index in [0.29, 0.717) is 17.1 Å². The van der Waals surface area contributed by atoms with Crippen LogP contribution in [0.25, 0.3) is 0 Å². The predicted octanol–water partition coefficient (Wildman–Crippen LogP) is 4.04. The van der Waals surface area contributed by atoms with Gasteiger partial charge in [0.1, 0.15) is 6.61 Å². The lowest BCUT2D eigenvalue weighted by atomic mass is 9.65. The molecular formula is C29H27NO9. The Morgan fingerprint density at radius 2 is 1.64 bits per heavy atom. The van der Waals surface area contributed by atoms with Crippen molar-refractivity contribution in [2.45, 2.75) is 18.6 Å².